The van der Waals surface area contributed by atoms with E-state index in [0.717, 1.165) is 34.7 Å². The molecule has 0 radical (unpaired) electrons. The van der Waals surface area contributed by atoms with Crippen molar-refractivity contribution in [2.24, 2.45) is 0 Å². The second-order valence-corrected chi connectivity index (χ2v) is 8.31. The van der Waals surface area contributed by atoms with Crippen LogP contribution in [0.2, 0.25) is 5.02 Å². The first-order chi connectivity index (χ1) is 13.3. The Bertz CT molecular complexity index is 835. The molecule has 0 fully saturated rings. The molecule has 0 atom stereocenters. The first kappa shape index (κ1) is 20.4. The van der Waals surface area contributed by atoms with Gasteiger partial charge in [-0.25, -0.2) is 14.8 Å². The smallest absolute Gasteiger partial charge is 0.410 e. The number of fused-ring (bicyclic) bond motifs is 1. The van der Waals surface area contributed by atoms with Crippen molar-refractivity contribution in [1.82, 2.24) is 14.9 Å². The number of hydrogen-bond acceptors (Lipinski definition) is 5. The predicted molar refractivity (Wildman–Crippen MR) is 111 cm³/mol. The molecule has 0 saturated carbocycles. The molecule has 1 aromatic heterocycles. The zero-order valence-electron chi connectivity index (χ0n) is 16.7. The van der Waals surface area contributed by atoms with E-state index < -0.39 is 5.60 Å². The number of benzene rings is 1. The van der Waals surface area contributed by atoms with Gasteiger partial charge < -0.3 is 15.0 Å². The molecule has 0 saturated heterocycles. The minimum atomic E-state index is -0.491. The van der Waals surface area contributed by atoms with Gasteiger partial charge in [-0.2, -0.15) is 0 Å². The van der Waals surface area contributed by atoms with Gasteiger partial charge in [0, 0.05) is 37.3 Å². The average Bonchev–Trinajstić information content (AvgIpc) is 2.84. The molecule has 0 spiro atoms. The lowest BCUT2D eigenvalue weighted by atomic mass is 10.1. The van der Waals surface area contributed by atoms with Gasteiger partial charge >= 0.3 is 6.09 Å². The van der Waals surface area contributed by atoms with Crippen LogP contribution in [0.25, 0.3) is 0 Å². The Labute approximate surface area is 171 Å². The Balaban J connectivity index is 1.57. The average molecular weight is 403 g/mol. The molecule has 7 heteroatoms. The minimum Gasteiger partial charge on any atom is -0.444 e. The van der Waals surface area contributed by atoms with E-state index in [0.29, 0.717) is 32.0 Å². The van der Waals surface area contributed by atoms with Crippen LogP contribution in [-0.4, -0.2) is 46.2 Å². The van der Waals surface area contributed by atoms with E-state index in [9.17, 15) is 4.79 Å². The van der Waals surface area contributed by atoms with E-state index in [4.69, 9.17) is 16.3 Å². The highest BCUT2D eigenvalue weighted by atomic mass is 35.5. The Morgan fingerprint density at radius 3 is 2.75 bits per heavy atom. The summed E-state index contributed by atoms with van der Waals surface area (Å²) in [6, 6.07) is 7.82. The fraction of sp³-hybridized carbons (Fsp3) is 0.476. The molecular weight excluding hydrogens is 376 g/mol. The third-order valence-electron chi connectivity index (χ3n) is 4.51. The molecule has 1 N–H and O–H groups in total. The maximum atomic E-state index is 12.3. The Morgan fingerprint density at radius 2 is 2.00 bits per heavy atom. The molecule has 1 aliphatic heterocycles. The van der Waals surface area contributed by atoms with Crippen molar-refractivity contribution in [3.63, 3.8) is 0 Å². The predicted octanol–water partition coefficient (Wildman–Crippen LogP) is 4.12. The molecule has 0 aliphatic carbocycles. The summed E-state index contributed by atoms with van der Waals surface area (Å²) in [4.78, 5) is 23.2. The lowest BCUT2D eigenvalue weighted by molar-refractivity contribution is 0.0258. The fourth-order valence-electron chi connectivity index (χ4n) is 3.08. The third kappa shape index (κ3) is 5.58. The lowest BCUT2D eigenvalue weighted by Crippen LogP contribution is -2.38. The second kappa shape index (κ2) is 8.78. The molecule has 6 nitrogen and oxygen atoms in total. The number of nitrogens with one attached hydrogen (secondary N) is 1. The van der Waals surface area contributed by atoms with Gasteiger partial charge in [0.05, 0.1) is 5.69 Å². The molecule has 150 valence electrons. The Morgan fingerprint density at radius 1 is 1.25 bits per heavy atom. The number of aromatic nitrogens is 2. The van der Waals surface area contributed by atoms with Gasteiger partial charge in [-0.05, 0) is 50.8 Å². The van der Waals surface area contributed by atoms with Gasteiger partial charge in [0.2, 0.25) is 5.95 Å². The van der Waals surface area contributed by atoms with Gasteiger partial charge in [0.15, 0.2) is 0 Å². The number of halogens is 1. The molecule has 0 bridgehead atoms. The van der Waals surface area contributed by atoms with Gasteiger partial charge in [-0.1, -0.05) is 29.8 Å². The summed E-state index contributed by atoms with van der Waals surface area (Å²) in [5.74, 6) is 0.608. The number of amides is 1. The number of nitrogens with zero attached hydrogens (tertiary/aromatic N) is 3. The summed E-state index contributed by atoms with van der Waals surface area (Å²) < 4.78 is 5.49. The van der Waals surface area contributed by atoms with Crippen LogP contribution in [0.1, 0.15) is 37.6 Å². The maximum absolute atomic E-state index is 12.3. The summed E-state index contributed by atoms with van der Waals surface area (Å²) in [5.41, 5.74) is 2.68. The summed E-state index contributed by atoms with van der Waals surface area (Å²) in [6.07, 6.45) is 3.81. The third-order valence-corrected chi connectivity index (χ3v) is 4.88. The van der Waals surface area contributed by atoms with E-state index >= 15 is 0 Å². The van der Waals surface area contributed by atoms with E-state index in [1.54, 1.807) is 4.90 Å². The SMILES string of the molecule is CC(C)(C)OC(=O)N1CCc2cnc(NCCc3ccccc3Cl)nc2CC1. The van der Waals surface area contributed by atoms with Crippen LogP contribution in [0.4, 0.5) is 10.7 Å². The summed E-state index contributed by atoms with van der Waals surface area (Å²) >= 11 is 6.20. The first-order valence-electron chi connectivity index (χ1n) is 9.62. The number of hydrogen-bond donors (Lipinski definition) is 1. The minimum absolute atomic E-state index is 0.272. The summed E-state index contributed by atoms with van der Waals surface area (Å²) in [7, 11) is 0. The zero-order chi connectivity index (χ0) is 20.1. The van der Waals surface area contributed by atoms with Gasteiger partial charge in [-0.3, -0.25) is 0 Å². The highest BCUT2D eigenvalue weighted by Crippen LogP contribution is 2.18. The molecule has 28 heavy (non-hydrogen) atoms. The Kier molecular flexibility index (Phi) is 6.39. The molecule has 1 aromatic carbocycles. The normalized spacial score (nSPS) is 14.2. The van der Waals surface area contributed by atoms with E-state index in [2.05, 4.69) is 15.3 Å². The van der Waals surface area contributed by atoms with Gasteiger partial charge in [0.25, 0.3) is 0 Å². The molecule has 1 aliphatic rings. The molecule has 1 amide bonds. The van der Waals surface area contributed by atoms with Crippen molar-refractivity contribution >= 4 is 23.6 Å². The molecule has 3 rings (SSSR count). The van der Waals surface area contributed by atoms with Crippen molar-refractivity contribution in [2.75, 3.05) is 25.0 Å². The van der Waals surface area contributed by atoms with Crippen LogP contribution in [0, 0.1) is 0 Å². The lowest BCUT2D eigenvalue weighted by Gasteiger charge is -2.26. The summed E-state index contributed by atoms with van der Waals surface area (Å²) in [6.45, 7) is 7.55. The van der Waals surface area contributed by atoms with Crippen LogP contribution in [0.5, 0.6) is 0 Å². The van der Waals surface area contributed by atoms with Crippen molar-refractivity contribution in [3.05, 3.63) is 52.3 Å². The van der Waals surface area contributed by atoms with Gasteiger partial charge in [0.1, 0.15) is 5.60 Å². The van der Waals surface area contributed by atoms with Crippen molar-refractivity contribution in [2.45, 2.75) is 45.6 Å². The Hall–Kier alpha value is -2.34. The zero-order valence-corrected chi connectivity index (χ0v) is 17.4. The molecule has 2 aromatic rings. The molecule has 0 unspecified atom stereocenters. The van der Waals surface area contributed by atoms with Crippen LogP contribution >= 0.6 is 11.6 Å². The van der Waals surface area contributed by atoms with E-state index in [-0.39, 0.29) is 6.09 Å². The number of ether oxygens (including phenoxy) is 1. The van der Waals surface area contributed by atoms with Crippen molar-refractivity contribution < 1.29 is 9.53 Å². The first-order valence-corrected chi connectivity index (χ1v) is 9.99. The highest BCUT2D eigenvalue weighted by molar-refractivity contribution is 6.31. The van der Waals surface area contributed by atoms with Crippen LogP contribution in [-0.2, 0) is 24.0 Å². The number of carbonyl (C=O) groups is 1. The number of carbonyl (C=O) groups excluding carboxylic acids is 1. The van der Waals surface area contributed by atoms with Crippen LogP contribution in [0.15, 0.2) is 30.5 Å². The summed E-state index contributed by atoms with van der Waals surface area (Å²) in [5, 5.41) is 4.04. The monoisotopic (exact) mass is 402 g/mol. The molecular formula is C21H27ClN4O2. The van der Waals surface area contributed by atoms with E-state index in [1.807, 2.05) is 51.2 Å². The molecule has 2 heterocycles. The van der Waals surface area contributed by atoms with Crippen molar-refractivity contribution in [1.29, 1.82) is 0 Å². The topological polar surface area (TPSA) is 67.3 Å². The van der Waals surface area contributed by atoms with E-state index in [1.165, 1.54) is 0 Å². The van der Waals surface area contributed by atoms with Crippen LogP contribution < -0.4 is 5.32 Å². The van der Waals surface area contributed by atoms with Gasteiger partial charge in [-0.15, -0.1) is 0 Å². The number of rotatable bonds is 4. The highest BCUT2D eigenvalue weighted by Gasteiger charge is 2.24. The number of anilines is 1. The van der Waals surface area contributed by atoms with Crippen molar-refractivity contribution in [3.8, 4) is 0 Å². The largest absolute Gasteiger partial charge is 0.444 e. The quantitative estimate of drug-likeness (QED) is 0.833. The fourth-order valence-corrected chi connectivity index (χ4v) is 3.31. The van der Waals surface area contributed by atoms with Crippen LogP contribution in [0.3, 0.4) is 0 Å². The second-order valence-electron chi connectivity index (χ2n) is 7.90. The maximum Gasteiger partial charge on any atom is 0.410 e. The standard InChI is InChI=1S/C21H27ClN4O2/c1-21(2,3)28-20(27)26-12-9-16-14-24-19(25-18(16)10-13-26)23-11-8-15-6-4-5-7-17(15)22/h4-7,14H,8-13H2,1-3H3,(H,23,24,25).